The first-order chi connectivity index (χ1) is 7.22. The van der Waals surface area contributed by atoms with Gasteiger partial charge in [0.2, 0.25) is 5.91 Å². The van der Waals surface area contributed by atoms with Crippen molar-refractivity contribution in [3.63, 3.8) is 0 Å². The Bertz CT molecular complexity index is 245. The predicted octanol–water partition coefficient (Wildman–Crippen LogP) is 0.328. The number of hydrogen-bond acceptors (Lipinski definition) is 3. The van der Waals surface area contributed by atoms with Crippen LogP contribution in [0.3, 0.4) is 0 Å². The lowest BCUT2D eigenvalue weighted by Crippen LogP contribution is -2.40. The van der Waals surface area contributed by atoms with Crippen molar-refractivity contribution in [1.29, 1.82) is 0 Å². The second-order valence-corrected chi connectivity index (χ2v) is 4.44. The summed E-state index contributed by atoms with van der Waals surface area (Å²) in [5, 5.41) is 0. The van der Waals surface area contributed by atoms with Gasteiger partial charge in [-0.15, -0.1) is 0 Å². The number of hydrogen-bond donors (Lipinski definition) is 0. The molecule has 0 bridgehead atoms. The first kappa shape index (κ1) is 10.9. The van der Waals surface area contributed by atoms with E-state index < -0.39 is 0 Å². The highest BCUT2D eigenvalue weighted by molar-refractivity contribution is 5.82. The van der Waals surface area contributed by atoms with Crippen LogP contribution in [0.5, 0.6) is 0 Å². The summed E-state index contributed by atoms with van der Waals surface area (Å²) in [5.74, 6) is 0.273. The van der Waals surface area contributed by atoms with Crippen molar-refractivity contribution in [2.75, 3.05) is 33.3 Å². The third-order valence-corrected chi connectivity index (χ3v) is 3.37. The molecule has 1 amide bonds. The number of nitrogens with zero attached hydrogens (tertiary/aromatic N) is 2. The van der Waals surface area contributed by atoms with E-state index in [1.54, 1.807) is 0 Å². The number of amides is 1. The van der Waals surface area contributed by atoms with Crippen LogP contribution in [0.15, 0.2) is 0 Å². The smallest absolute Gasteiger partial charge is 0.239 e. The molecule has 0 aliphatic carbocycles. The lowest BCUT2D eigenvalue weighted by atomic mass is 10.2. The van der Waals surface area contributed by atoms with Gasteiger partial charge in [0, 0.05) is 33.3 Å². The molecule has 2 aliphatic heterocycles. The van der Waals surface area contributed by atoms with Gasteiger partial charge in [0.05, 0.1) is 12.1 Å². The van der Waals surface area contributed by atoms with Crippen LogP contribution in [-0.4, -0.2) is 61.1 Å². The van der Waals surface area contributed by atoms with Gasteiger partial charge in [-0.3, -0.25) is 9.69 Å². The van der Waals surface area contributed by atoms with E-state index in [2.05, 4.69) is 4.90 Å². The van der Waals surface area contributed by atoms with Crippen LogP contribution in [0, 0.1) is 0 Å². The van der Waals surface area contributed by atoms with Gasteiger partial charge in [-0.05, 0) is 19.8 Å². The average molecular weight is 212 g/mol. The number of ether oxygens (including phenoxy) is 1. The van der Waals surface area contributed by atoms with Gasteiger partial charge in [0.25, 0.3) is 0 Å². The number of fused-ring (bicyclic) bond motifs is 1. The van der Waals surface area contributed by atoms with Gasteiger partial charge in [0.15, 0.2) is 0 Å². The van der Waals surface area contributed by atoms with E-state index in [1.165, 1.54) is 0 Å². The SMILES string of the molecule is CCOC1CC2C(=O)N(C)CCCN2C1. The molecular formula is C11H20N2O2. The van der Waals surface area contributed by atoms with E-state index in [0.29, 0.717) is 0 Å². The Labute approximate surface area is 91.2 Å². The van der Waals surface area contributed by atoms with Crippen LogP contribution < -0.4 is 0 Å². The number of carbonyl (C=O) groups is 1. The Morgan fingerprint density at radius 3 is 3.00 bits per heavy atom. The van der Waals surface area contributed by atoms with Crippen molar-refractivity contribution >= 4 is 5.91 Å². The lowest BCUT2D eigenvalue weighted by Gasteiger charge is -2.21. The number of carbonyl (C=O) groups excluding carboxylic acids is 1. The van der Waals surface area contributed by atoms with E-state index in [9.17, 15) is 4.79 Å². The maximum absolute atomic E-state index is 12.0. The summed E-state index contributed by atoms with van der Waals surface area (Å²) >= 11 is 0. The molecule has 2 aliphatic rings. The zero-order valence-corrected chi connectivity index (χ0v) is 9.61. The molecule has 2 unspecified atom stereocenters. The third kappa shape index (κ3) is 2.16. The summed E-state index contributed by atoms with van der Waals surface area (Å²) in [4.78, 5) is 16.1. The molecule has 2 fully saturated rings. The van der Waals surface area contributed by atoms with Crippen molar-refractivity contribution in [1.82, 2.24) is 9.80 Å². The Morgan fingerprint density at radius 2 is 2.27 bits per heavy atom. The molecule has 2 saturated heterocycles. The minimum atomic E-state index is 0.0778. The molecule has 4 heteroatoms. The third-order valence-electron chi connectivity index (χ3n) is 3.37. The molecule has 2 atom stereocenters. The Balaban J connectivity index is 2.02. The fourth-order valence-corrected chi connectivity index (χ4v) is 2.60. The zero-order valence-electron chi connectivity index (χ0n) is 9.61. The van der Waals surface area contributed by atoms with Crippen LogP contribution in [0.25, 0.3) is 0 Å². The molecule has 0 spiro atoms. The van der Waals surface area contributed by atoms with E-state index >= 15 is 0 Å². The molecule has 0 aromatic rings. The molecule has 0 aromatic carbocycles. The molecule has 2 heterocycles. The summed E-state index contributed by atoms with van der Waals surface area (Å²) in [7, 11) is 1.90. The Morgan fingerprint density at radius 1 is 1.47 bits per heavy atom. The molecule has 86 valence electrons. The minimum Gasteiger partial charge on any atom is -0.377 e. The highest BCUT2D eigenvalue weighted by Gasteiger charge is 2.39. The van der Waals surface area contributed by atoms with Gasteiger partial charge >= 0.3 is 0 Å². The molecule has 0 radical (unpaired) electrons. The molecule has 4 nitrogen and oxygen atoms in total. The van der Waals surface area contributed by atoms with Crippen molar-refractivity contribution < 1.29 is 9.53 Å². The summed E-state index contributed by atoms with van der Waals surface area (Å²) in [6.07, 6.45) is 2.21. The van der Waals surface area contributed by atoms with Crippen molar-refractivity contribution in [3.05, 3.63) is 0 Å². The molecule has 2 rings (SSSR count). The van der Waals surface area contributed by atoms with Crippen LogP contribution in [-0.2, 0) is 9.53 Å². The van der Waals surface area contributed by atoms with Crippen LogP contribution in [0.4, 0.5) is 0 Å². The number of likely N-dealkylation sites (N-methyl/N-ethyl adjacent to an activating group) is 1. The Hall–Kier alpha value is -0.610. The van der Waals surface area contributed by atoms with Gasteiger partial charge in [-0.25, -0.2) is 0 Å². The first-order valence-electron chi connectivity index (χ1n) is 5.83. The van der Waals surface area contributed by atoms with Gasteiger partial charge in [-0.2, -0.15) is 0 Å². The lowest BCUT2D eigenvalue weighted by molar-refractivity contribution is -0.133. The van der Waals surface area contributed by atoms with Crippen LogP contribution in [0.1, 0.15) is 19.8 Å². The summed E-state index contributed by atoms with van der Waals surface area (Å²) in [6, 6.07) is 0.0778. The first-order valence-corrected chi connectivity index (χ1v) is 5.83. The van der Waals surface area contributed by atoms with E-state index in [4.69, 9.17) is 4.74 Å². The second kappa shape index (κ2) is 4.49. The molecule has 0 saturated carbocycles. The predicted molar refractivity (Wildman–Crippen MR) is 57.6 cm³/mol. The summed E-state index contributed by atoms with van der Waals surface area (Å²) in [6.45, 7) is 5.61. The van der Waals surface area contributed by atoms with Crippen molar-refractivity contribution in [3.8, 4) is 0 Å². The second-order valence-electron chi connectivity index (χ2n) is 4.44. The molecule has 0 aromatic heterocycles. The maximum Gasteiger partial charge on any atom is 0.239 e. The van der Waals surface area contributed by atoms with Gasteiger partial charge < -0.3 is 9.64 Å². The minimum absolute atomic E-state index is 0.0778. The number of rotatable bonds is 2. The highest BCUT2D eigenvalue weighted by atomic mass is 16.5. The highest BCUT2D eigenvalue weighted by Crippen LogP contribution is 2.24. The molecule has 0 N–H and O–H groups in total. The Kier molecular flexibility index (Phi) is 3.26. The molecular weight excluding hydrogens is 192 g/mol. The summed E-state index contributed by atoms with van der Waals surface area (Å²) in [5.41, 5.74) is 0. The average Bonchev–Trinajstić information content (AvgIpc) is 2.55. The standard InChI is InChI=1S/C11H20N2O2/c1-3-15-9-7-10-11(14)12(2)5-4-6-13(10)8-9/h9-10H,3-8H2,1-2H3. The fraction of sp³-hybridized carbons (Fsp3) is 0.909. The van der Waals surface area contributed by atoms with Gasteiger partial charge in [-0.1, -0.05) is 0 Å². The van der Waals surface area contributed by atoms with E-state index in [0.717, 1.165) is 39.1 Å². The van der Waals surface area contributed by atoms with E-state index in [-0.39, 0.29) is 18.1 Å². The van der Waals surface area contributed by atoms with Crippen molar-refractivity contribution in [2.45, 2.75) is 31.9 Å². The van der Waals surface area contributed by atoms with Gasteiger partial charge in [0.1, 0.15) is 0 Å². The molecule has 15 heavy (non-hydrogen) atoms. The van der Waals surface area contributed by atoms with E-state index in [1.807, 2.05) is 18.9 Å². The van der Waals surface area contributed by atoms with Crippen LogP contribution in [0.2, 0.25) is 0 Å². The maximum atomic E-state index is 12.0. The monoisotopic (exact) mass is 212 g/mol. The van der Waals surface area contributed by atoms with Crippen molar-refractivity contribution in [2.24, 2.45) is 0 Å². The fourth-order valence-electron chi connectivity index (χ4n) is 2.60. The quantitative estimate of drug-likeness (QED) is 0.661. The largest absolute Gasteiger partial charge is 0.377 e. The summed E-state index contributed by atoms with van der Waals surface area (Å²) < 4.78 is 5.61. The zero-order chi connectivity index (χ0) is 10.8. The normalized spacial score (nSPS) is 32.9. The van der Waals surface area contributed by atoms with Crippen LogP contribution >= 0.6 is 0 Å². The topological polar surface area (TPSA) is 32.8 Å².